The van der Waals surface area contributed by atoms with Gasteiger partial charge in [0.2, 0.25) is 0 Å². The molecule has 1 aromatic heterocycles. The monoisotopic (exact) mass is 268 g/mol. The Morgan fingerprint density at radius 2 is 2.22 bits per heavy atom. The van der Waals surface area contributed by atoms with Gasteiger partial charge in [-0.2, -0.15) is 0 Å². The van der Waals surface area contributed by atoms with Gasteiger partial charge < -0.3 is 14.3 Å². The zero-order valence-corrected chi connectivity index (χ0v) is 11.6. The predicted octanol–water partition coefficient (Wildman–Crippen LogP) is 3.74. The van der Waals surface area contributed by atoms with Crippen LogP contribution in [0.5, 0.6) is 0 Å². The van der Waals surface area contributed by atoms with Gasteiger partial charge >= 0.3 is 0 Å². The summed E-state index contributed by atoms with van der Waals surface area (Å²) < 4.78 is 21.5. The van der Waals surface area contributed by atoms with Crippen LogP contribution < -0.4 is 0 Å². The van der Waals surface area contributed by atoms with Crippen molar-refractivity contribution in [3.8, 4) is 0 Å². The van der Waals surface area contributed by atoms with E-state index in [1.807, 2.05) is 24.5 Å². The van der Waals surface area contributed by atoms with Gasteiger partial charge in [0.25, 0.3) is 0 Å². The zero-order chi connectivity index (χ0) is 13.3. The molecule has 0 aliphatic carbocycles. The van der Waals surface area contributed by atoms with Gasteiger partial charge in [-0.15, -0.1) is 0 Å². The number of aryl methyl sites for hydroxylation is 1. The highest BCUT2D eigenvalue weighted by molar-refractivity contribution is 7.71. The average Bonchev–Trinajstić information content (AvgIpc) is 2.62. The van der Waals surface area contributed by atoms with Crippen LogP contribution in [0, 0.1) is 17.5 Å². The normalized spacial score (nSPS) is 13.1. The van der Waals surface area contributed by atoms with E-state index < -0.39 is 0 Å². The molecule has 5 heteroatoms. The molecule has 0 saturated heterocycles. The van der Waals surface area contributed by atoms with E-state index in [1.54, 1.807) is 6.92 Å². The van der Waals surface area contributed by atoms with E-state index in [1.165, 1.54) is 6.07 Å². The van der Waals surface area contributed by atoms with Crippen LogP contribution in [0.4, 0.5) is 4.39 Å². The van der Waals surface area contributed by atoms with Gasteiger partial charge in [0.15, 0.2) is 4.77 Å². The molecule has 0 fully saturated rings. The molecule has 3 nitrogen and oxygen atoms in total. The van der Waals surface area contributed by atoms with Crippen LogP contribution in [-0.4, -0.2) is 22.8 Å². The number of nitrogens with one attached hydrogen (secondary N) is 1. The van der Waals surface area contributed by atoms with E-state index in [0.717, 1.165) is 11.0 Å². The maximum absolute atomic E-state index is 13.5. The summed E-state index contributed by atoms with van der Waals surface area (Å²) in [7, 11) is 0. The maximum Gasteiger partial charge on any atom is 0.178 e. The second-order valence-electron chi connectivity index (χ2n) is 4.43. The van der Waals surface area contributed by atoms with Crippen molar-refractivity contribution in [2.45, 2.75) is 26.8 Å². The standard InChI is InChI=1S/C13H17FN2OS/c1-4-17-7-9(3)16-12-5-8(2)10(14)6-11(12)15-13(16)18/h5-6,9H,4,7H2,1-3H3,(H,15,18). The van der Waals surface area contributed by atoms with Gasteiger partial charge in [0, 0.05) is 6.61 Å². The predicted molar refractivity (Wildman–Crippen MR) is 73.0 cm³/mol. The number of fused-ring (bicyclic) bond motifs is 1. The van der Waals surface area contributed by atoms with Crippen molar-refractivity contribution < 1.29 is 9.13 Å². The Bertz CT molecular complexity index is 617. The first-order valence-corrected chi connectivity index (χ1v) is 6.43. The third kappa shape index (κ3) is 2.33. The molecule has 0 saturated carbocycles. The van der Waals surface area contributed by atoms with Crippen molar-refractivity contribution in [2.75, 3.05) is 13.2 Å². The molecule has 1 N–H and O–H groups in total. The molecule has 0 amide bonds. The van der Waals surface area contributed by atoms with Crippen LogP contribution in [0.25, 0.3) is 11.0 Å². The summed E-state index contributed by atoms with van der Waals surface area (Å²) in [4.78, 5) is 3.03. The molecule has 2 rings (SSSR count). The van der Waals surface area contributed by atoms with Crippen molar-refractivity contribution >= 4 is 23.3 Å². The summed E-state index contributed by atoms with van der Waals surface area (Å²) in [5.74, 6) is -0.219. The minimum atomic E-state index is -0.219. The van der Waals surface area contributed by atoms with Gasteiger partial charge in [-0.3, -0.25) is 0 Å². The molecule has 0 aliphatic heterocycles. The molecule has 1 atom stereocenters. The molecule has 0 bridgehead atoms. The lowest BCUT2D eigenvalue weighted by atomic mass is 10.2. The van der Waals surface area contributed by atoms with Gasteiger partial charge in [-0.1, -0.05) is 0 Å². The van der Waals surface area contributed by atoms with Gasteiger partial charge in [-0.25, -0.2) is 4.39 Å². The number of H-pyrrole nitrogens is 1. The number of nitrogens with zero attached hydrogens (tertiary/aromatic N) is 1. The van der Waals surface area contributed by atoms with Crippen molar-refractivity contribution in [2.24, 2.45) is 0 Å². The first-order valence-electron chi connectivity index (χ1n) is 6.02. The van der Waals surface area contributed by atoms with E-state index in [-0.39, 0.29) is 11.9 Å². The molecule has 0 aliphatic rings. The summed E-state index contributed by atoms with van der Waals surface area (Å²) in [6.07, 6.45) is 0. The molecule has 98 valence electrons. The Morgan fingerprint density at radius 3 is 2.89 bits per heavy atom. The number of halogens is 1. The summed E-state index contributed by atoms with van der Waals surface area (Å²) >= 11 is 5.30. The smallest absolute Gasteiger partial charge is 0.178 e. The summed E-state index contributed by atoms with van der Waals surface area (Å²) in [5, 5.41) is 0. The van der Waals surface area contributed by atoms with Crippen LogP contribution in [0.15, 0.2) is 12.1 Å². The number of imidazole rings is 1. The lowest BCUT2D eigenvalue weighted by Crippen LogP contribution is -2.12. The Kier molecular flexibility index (Phi) is 3.82. The third-order valence-electron chi connectivity index (χ3n) is 3.00. The molecule has 18 heavy (non-hydrogen) atoms. The molecule has 1 heterocycles. The lowest BCUT2D eigenvalue weighted by Gasteiger charge is -2.14. The fourth-order valence-corrected chi connectivity index (χ4v) is 2.44. The zero-order valence-electron chi connectivity index (χ0n) is 10.8. The Hall–Kier alpha value is -1.20. The van der Waals surface area contributed by atoms with E-state index in [4.69, 9.17) is 17.0 Å². The average molecular weight is 268 g/mol. The minimum Gasteiger partial charge on any atom is -0.380 e. The van der Waals surface area contributed by atoms with Crippen molar-refractivity contribution in [1.29, 1.82) is 0 Å². The molecule has 0 radical (unpaired) electrons. The SMILES string of the molecule is CCOCC(C)n1c(=S)[nH]c2cc(F)c(C)cc21. The van der Waals surface area contributed by atoms with Crippen molar-refractivity contribution in [3.05, 3.63) is 28.3 Å². The second kappa shape index (κ2) is 5.20. The summed E-state index contributed by atoms with van der Waals surface area (Å²) in [6, 6.07) is 3.43. The molecular weight excluding hydrogens is 251 g/mol. The largest absolute Gasteiger partial charge is 0.380 e. The number of benzene rings is 1. The van der Waals surface area contributed by atoms with Crippen LogP contribution in [0.1, 0.15) is 25.5 Å². The third-order valence-corrected chi connectivity index (χ3v) is 3.30. The fourth-order valence-electron chi connectivity index (χ4n) is 2.05. The Labute approximate surface area is 111 Å². The van der Waals surface area contributed by atoms with Gasteiger partial charge in [0.1, 0.15) is 5.82 Å². The van der Waals surface area contributed by atoms with Crippen molar-refractivity contribution in [3.63, 3.8) is 0 Å². The van der Waals surface area contributed by atoms with Crippen LogP contribution >= 0.6 is 12.2 Å². The topological polar surface area (TPSA) is 29.9 Å². The highest BCUT2D eigenvalue weighted by atomic mass is 32.1. The molecular formula is C13H17FN2OS. The number of hydrogen-bond acceptors (Lipinski definition) is 2. The van der Waals surface area contributed by atoms with Crippen LogP contribution in [-0.2, 0) is 4.74 Å². The second-order valence-corrected chi connectivity index (χ2v) is 4.81. The van der Waals surface area contributed by atoms with E-state index in [2.05, 4.69) is 4.98 Å². The first kappa shape index (κ1) is 13.2. The quantitative estimate of drug-likeness (QED) is 0.856. The number of aromatic amines is 1. The molecule has 1 unspecified atom stereocenters. The Morgan fingerprint density at radius 1 is 1.50 bits per heavy atom. The van der Waals surface area contributed by atoms with Gasteiger partial charge in [0.05, 0.1) is 23.7 Å². The molecule has 1 aromatic carbocycles. The van der Waals surface area contributed by atoms with Crippen molar-refractivity contribution in [1.82, 2.24) is 9.55 Å². The summed E-state index contributed by atoms with van der Waals surface area (Å²) in [6.45, 7) is 7.02. The maximum atomic E-state index is 13.5. The first-order chi connectivity index (χ1) is 8.54. The molecule has 2 aromatic rings. The highest BCUT2D eigenvalue weighted by Gasteiger charge is 2.13. The van der Waals surface area contributed by atoms with Crippen LogP contribution in [0.3, 0.4) is 0 Å². The highest BCUT2D eigenvalue weighted by Crippen LogP contribution is 2.22. The lowest BCUT2D eigenvalue weighted by molar-refractivity contribution is 0.119. The van der Waals surface area contributed by atoms with Gasteiger partial charge in [-0.05, 0) is 50.7 Å². The number of aromatic nitrogens is 2. The summed E-state index contributed by atoms with van der Waals surface area (Å²) in [5.41, 5.74) is 2.27. The minimum absolute atomic E-state index is 0.121. The molecule has 0 spiro atoms. The Balaban J connectivity index is 2.53. The van der Waals surface area contributed by atoms with E-state index >= 15 is 0 Å². The number of rotatable bonds is 4. The number of hydrogen-bond donors (Lipinski definition) is 1. The van der Waals surface area contributed by atoms with E-state index in [9.17, 15) is 4.39 Å². The fraction of sp³-hybridized carbons (Fsp3) is 0.462. The van der Waals surface area contributed by atoms with Crippen LogP contribution in [0.2, 0.25) is 0 Å². The number of ether oxygens (including phenoxy) is 1. The van der Waals surface area contributed by atoms with E-state index in [0.29, 0.717) is 23.5 Å².